The predicted molar refractivity (Wildman–Crippen MR) is 103 cm³/mol. The number of hydrogen-bond donors (Lipinski definition) is 0. The van der Waals surface area contributed by atoms with E-state index in [4.69, 9.17) is 4.52 Å². The molecule has 0 aliphatic rings. The Kier molecular flexibility index (Phi) is 5.60. The lowest BCUT2D eigenvalue weighted by molar-refractivity contribution is 0.328. The molecule has 1 aromatic carbocycles. The van der Waals surface area contributed by atoms with E-state index in [9.17, 15) is 8.42 Å². The molecule has 2 heterocycles. The van der Waals surface area contributed by atoms with Crippen LogP contribution in [0.3, 0.4) is 0 Å². The Morgan fingerprint density at radius 3 is 2.46 bits per heavy atom. The van der Waals surface area contributed by atoms with E-state index < -0.39 is 10.0 Å². The van der Waals surface area contributed by atoms with Crippen LogP contribution in [0.15, 0.2) is 57.3 Å². The summed E-state index contributed by atoms with van der Waals surface area (Å²) >= 11 is 1.64. The van der Waals surface area contributed by atoms with Gasteiger partial charge >= 0.3 is 0 Å². The molecule has 0 bridgehead atoms. The standard InChI is InChI=1S/C19H22N2O3S2/c1-14(12-18-10-7-11-25-18)21(13-17-8-5-4-6-9-17)26(22,23)19-15(2)20-24-16(19)3/h4-11,14H,12-13H2,1-3H3. The Labute approximate surface area is 158 Å². The third-order valence-corrected chi connectivity index (χ3v) is 7.39. The minimum Gasteiger partial charge on any atom is -0.360 e. The van der Waals surface area contributed by atoms with Gasteiger partial charge in [0.15, 0.2) is 5.76 Å². The fraction of sp³-hybridized carbons (Fsp3) is 0.316. The SMILES string of the molecule is Cc1noc(C)c1S(=O)(=O)N(Cc1ccccc1)C(C)Cc1cccs1. The average Bonchev–Trinajstić information content (AvgIpc) is 3.23. The summed E-state index contributed by atoms with van der Waals surface area (Å²) in [7, 11) is -3.74. The van der Waals surface area contributed by atoms with Crippen LogP contribution >= 0.6 is 11.3 Å². The van der Waals surface area contributed by atoms with E-state index in [2.05, 4.69) is 5.16 Å². The molecule has 0 spiro atoms. The molecule has 5 nitrogen and oxygen atoms in total. The molecule has 1 atom stereocenters. The van der Waals surface area contributed by atoms with E-state index in [0.717, 1.165) is 10.4 Å². The molecule has 0 fully saturated rings. The van der Waals surface area contributed by atoms with E-state index in [1.807, 2.05) is 54.8 Å². The average molecular weight is 391 g/mol. The van der Waals surface area contributed by atoms with Crippen LogP contribution < -0.4 is 0 Å². The molecule has 0 aliphatic heterocycles. The van der Waals surface area contributed by atoms with Crippen molar-refractivity contribution in [3.05, 3.63) is 69.7 Å². The van der Waals surface area contributed by atoms with Gasteiger partial charge in [-0.1, -0.05) is 41.6 Å². The van der Waals surface area contributed by atoms with Gasteiger partial charge in [-0.3, -0.25) is 0 Å². The Balaban J connectivity index is 1.99. The van der Waals surface area contributed by atoms with Gasteiger partial charge < -0.3 is 4.52 Å². The highest BCUT2D eigenvalue weighted by Crippen LogP contribution is 2.28. The van der Waals surface area contributed by atoms with E-state index in [-0.39, 0.29) is 10.9 Å². The zero-order chi connectivity index (χ0) is 18.7. The summed E-state index contributed by atoms with van der Waals surface area (Å²) in [6, 6.07) is 13.4. The molecule has 0 amide bonds. The maximum atomic E-state index is 13.4. The quantitative estimate of drug-likeness (QED) is 0.607. The highest BCUT2D eigenvalue weighted by Gasteiger charge is 2.34. The van der Waals surface area contributed by atoms with Crippen LogP contribution in [0.4, 0.5) is 0 Å². The summed E-state index contributed by atoms with van der Waals surface area (Å²) in [5.41, 5.74) is 1.34. The topological polar surface area (TPSA) is 63.4 Å². The Hall–Kier alpha value is -1.96. The van der Waals surface area contributed by atoms with Crippen LogP contribution in [0, 0.1) is 13.8 Å². The second-order valence-electron chi connectivity index (χ2n) is 6.32. The first-order chi connectivity index (χ1) is 12.4. The normalized spacial score (nSPS) is 13.2. The monoisotopic (exact) mass is 390 g/mol. The highest BCUT2D eigenvalue weighted by molar-refractivity contribution is 7.89. The molecule has 138 valence electrons. The molecule has 26 heavy (non-hydrogen) atoms. The fourth-order valence-corrected chi connectivity index (χ4v) is 5.76. The zero-order valence-corrected chi connectivity index (χ0v) is 16.7. The first-order valence-electron chi connectivity index (χ1n) is 8.40. The van der Waals surface area contributed by atoms with Gasteiger partial charge in [-0.15, -0.1) is 11.3 Å². The summed E-state index contributed by atoms with van der Waals surface area (Å²) in [5, 5.41) is 5.83. The van der Waals surface area contributed by atoms with Crippen molar-refractivity contribution >= 4 is 21.4 Å². The number of thiophene rings is 1. The lowest BCUT2D eigenvalue weighted by Crippen LogP contribution is -2.39. The van der Waals surface area contributed by atoms with Gasteiger partial charge in [-0.05, 0) is 44.2 Å². The maximum absolute atomic E-state index is 13.4. The van der Waals surface area contributed by atoms with Gasteiger partial charge in [-0.25, -0.2) is 8.42 Å². The van der Waals surface area contributed by atoms with Crippen molar-refractivity contribution < 1.29 is 12.9 Å². The molecular weight excluding hydrogens is 368 g/mol. The minimum absolute atomic E-state index is 0.173. The number of nitrogens with zero attached hydrogens (tertiary/aromatic N) is 2. The Morgan fingerprint density at radius 2 is 1.88 bits per heavy atom. The largest absolute Gasteiger partial charge is 0.360 e. The smallest absolute Gasteiger partial charge is 0.249 e. The molecule has 0 saturated carbocycles. The Morgan fingerprint density at radius 1 is 1.15 bits per heavy atom. The van der Waals surface area contributed by atoms with Gasteiger partial charge in [0, 0.05) is 17.5 Å². The van der Waals surface area contributed by atoms with Crippen LogP contribution in [-0.4, -0.2) is 23.9 Å². The summed E-state index contributed by atoms with van der Waals surface area (Å²) in [6.45, 7) is 5.55. The van der Waals surface area contributed by atoms with Crippen molar-refractivity contribution in [1.82, 2.24) is 9.46 Å². The van der Waals surface area contributed by atoms with Crippen molar-refractivity contribution in [2.75, 3.05) is 0 Å². The van der Waals surface area contributed by atoms with Crippen molar-refractivity contribution in [1.29, 1.82) is 0 Å². The van der Waals surface area contributed by atoms with Crippen LogP contribution in [0.1, 0.15) is 28.8 Å². The molecule has 3 rings (SSSR count). The number of aromatic nitrogens is 1. The lowest BCUT2D eigenvalue weighted by Gasteiger charge is -2.28. The molecule has 1 unspecified atom stereocenters. The second kappa shape index (κ2) is 7.73. The number of benzene rings is 1. The zero-order valence-electron chi connectivity index (χ0n) is 15.0. The molecule has 0 aliphatic carbocycles. The summed E-state index contributed by atoms with van der Waals surface area (Å²) < 4.78 is 33.5. The van der Waals surface area contributed by atoms with E-state index in [1.54, 1.807) is 29.5 Å². The lowest BCUT2D eigenvalue weighted by atomic mass is 10.1. The third-order valence-electron chi connectivity index (χ3n) is 4.28. The van der Waals surface area contributed by atoms with E-state index >= 15 is 0 Å². The summed E-state index contributed by atoms with van der Waals surface area (Å²) in [6.07, 6.45) is 0.660. The molecule has 2 aromatic heterocycles. The predicted octanol–water partition coefficient (Wildman–Crippen LogP) is 4.18. The maximum Gasteiger partial charge on any atom is 0.249 e. The molecule has 0 radical (unpaired) electrons. The van der Waals surface area contributed by atoms with Crippen LogP contribution in [-0.2, 0) is 23.0 Å². The summed E-state index contributed by atoms with van der Waals surface area (Å²) in [5.74, 6) is 0.323. The summed E-state index contributed by atoms with van der Waals surface area (Å²) in [4.78, 5) is 1.33. The van der Waals surface area contributed by atoms with Crippen molar-refractivity contribution in [3.63, 3.8) is 0 Å². The molecule has 0 N–H and O–H groups in total. The number of sulfonamides is 1. The van der Waals surface area contributed by atoms with E-state index in [1.165, 1.54) is 0 Å². The first-order valence-corrected chi connectivity index (χ1v) is 10.7. The molecular formula is C19H22N2O3S2. The van der Waals surface area contributed by atoms with Crippen molar-refractivity contribution in [2.45, 2.75) is 44.7 Å². The van der Waals surface area contributed by atoms with Crippen molar-refractivity contribution in [2.24, 2.45) is 0 Å². The molecule has 0 saturated heterocycles. The van der Waals surface area contributed by atoms with Crippen molar-refractivity contribution in [3.8, 4) is 0 Å². The van der Waals surface area contributed by atoms with Gasteiger partial charge in [-0.2, -0.15) is 4.31 Å². The third kappa shape index (κ3) is 3.90. The van der Waals surface area contributed by atoms with Gasteiger partial charge in [0.1, 0.15) is 10.6 Å². The van der Waals surface area contributed by atoms with Gasteiger partial charge in [0.25, 0.3) is 0 Å². The first kappa shape index (κ1) is 18.8. The van der Waals surface area contributed by atoms with E-state index in [0.29, 0.717) is 24.4 Å². The molecule has 7 heteroatoms. The number of aryl methyl sites for hydroxylation is 2. The van der Waals surface area contributed by atoms with Gasteiger partial charge in [0.2, 0.25) is 10.0 Å². The van der Waals surface area contributed by atoms with Crippen LogP contribution in [0.5, 0.6) is 0 Å². The highest BCUT2D eigenvalue weighted by atomic mass is 32.2. The minimum atomic E-state index is -3.74. The number of hydrogen-bond acceptors (Lipinski definition) is 5. The van der Waals surface area contributed by atoms with Crippen LogP contribution in [0.25, 0.3) is 0 Å². The van der Waals surface area contributed by atoms with Crippen LogP contribution in [0.2, 0.25) is 0 Å². The fourth-order valence-electron chi connectivity index (χ4n) is 3.02. The second-order valence-corrected chi connectivity index (χ2v) is 9.18. The number of rotatable bonds is 7. The molecule has 3 aromatic rings. The Bertz CT molecular complexity index is 929. The van der Waals surface area contributed by atoms with Gasteiger partial charge in [0.05, 0.1) is 0 Å².